The molecule has 1 saturated carbocycles. The summed E-state index contributed by atoms with van der Waals surface area (Å²) in [6.07, 6.45) is 4.60. The monoisotopic (exact) mass is 262 g/mol. The quantitative estimate of drug-likeness (QED) is 0.866. The average molecular weight is 262 g/mol. The van der Waals surface area contributed by atoms with E-state index < -0.39 is 11.4 Å². The fourth-order valence-electron chi connectivity index (χ4n) is 2.47. The molecule has 2 N–H and O–H groups in total. The van der Waals surface area contributed by atoms with Gasteiger partial charge in [0.2, 0.25) is 0 Å². The maximum atomic E-state index is 11.9. The van der Waals surface area contributed by atoms with Crippen LogP contribution in [-0.4, -0.2) is 28.5 Å². The van der Waals surface area contributed by atoms with Crippen LogP contribution < -0.4 is 5.32 Å². The van der Waals surface area contributed by atoms with Crippen LogP contribution in [0.3, 0.4) is 0 Å². The number of aryl methyl sites for hydroxylation is 1. The molecule has 5 heteroatoms. The first-order chi connectivity index (χ1) is 9.03. The second-order valence-corrected chi connectivity index (χ2v) is 5.16. The highest BCUT2D eigenvalue weighted by Crippen LogP contribution is 2.37. The normalized spacial score (nSPS) is 17.1. The molecular weight excluding hydrogens is 244 g/mol. The number of carboxylic acid groups (broad SMARTS) is 1. The zero-order valence-electron chi connectivity index (χ0n) is 11.0. The van der Waals surface area contributed by atoms with Gasteiger partial charge in [0, 0.05) is 18.4 Å². The highest BCUT2D eigenvalue weighted by Gasteiger charge is 2.41. The second-order valence-electron chi connectivity index (χ2n) is 5.16. The summed E-state index contributed by atoms with van der Waals surface area (Å²) in [7, 11) is 0. The number of hydrogen-bond acceptors (Lipinski definition) is 3. The standard InChI is InChI=1S/C14H18N2O3/c1-10-4-5-11(8-15-10)12(17)16-9-14(13(18)19)6-2-3-7-14/h4-5,8H,2-3,6-7,9H2,1H3,(H,16,17)(H,18,19). The number of nitrogens with one attached hydrogen (secondary N) is 1. The topological polar surface area (TPSA) is 79.3 Å². The van der Waals surface area contributed by atoms with E-state index in [4.69, 9.17) is 0 Å². The third-order valence-corrected chi connectivity index (χ3v) is 3.78. The van der Waals surface area contributed by atoms with Crippen LogP contribution in [0.4, 0.5) is 0 Å². The van der Waals surface area contributed by atoms with E-state index in [-0.39, 0.29) is 12.5 Å². The van der Waals surface area contributed by atoms with Gasteiger partial charge < -0.3 is 10.4 Å². The Kier molecular flexibility index (Phi) is 3.83. The van der Waals surface area contributed by atoms with Crippen molar-refractivity contribution in [2.45, 2.75) is 32.6 Å². The molecule has 0 bridgehead atoms. The zero-order chi connectivity index (χ0) is 13.9. The molecule has 1 aliphatic carbocycles. The van der Waals surface area contributed by atoms with Gasteiger partial charge >= 0.3 is 5.97 Å². The summed E-state index contributed by atoms with van der Waals surface area (Å²) in [4.78, 5) is 27.3. The Bertz CT molecular complexity index is 476. The smallest absolute Gasteiger partial charge is 0.311 e. The van der Waals surface area contributed by atoms with Gasteiger partial charge in [-0.3, -0.25) is 14.6 Å². The number of rotatable bonds is 4. The van der Waals surface area contributed by atoms with Crippen molar-refractivity contribution in [1.29, 1.82) is 0 Å². The van der Waals surface area contributed by atoms with Gasteiger partial charge in [-0.05, 0) is 31.9 Å². The number of carboxylic acids is 1. The van der Waals surface area contributed by atoms with E-state index in [0.717, 1.165) is 18.5 Å². The van der Waals surface area contributed by atoms with Crippen LogP contribution in [0.2, 0.25) is 0 Å². The van der Waals surface area contributed by atoms with Gasteiger partial charge in [0.15, 0.2) is 0 Å². The third-order valence-electron chi connectivity index (χ3n) is 3.78. The van der Waals surface area contributed by atoms with Crippen molar-refractivity contribution in [2.24, 2.45) is 5.41 Å². The Labute approximate surface area is 112 Å². The molecule has 0 unspecified atom stereocenters. The molecule has 0 atom stereocenters. The Hall–Kier alpha value is -1.91. The van der Waals surface area contributed by atoms with E-state index in [2.05, 4.69) is 10.3 Å². The van der Waals surface area contributed by atoms with Crippen molar-refractivity contribution in [1.82, 2.24) is 10.3 Å². The van der Waals surface area contributed by atoms with Gasteiger partial charge in [0.1, 0.15) is 0 Å². The van der Waals surface area contributed by atoms with Crippen LogP contribution in [0.5, 0.6) is 0 Å². The molecule has 0 saturated heterocycles. The van der Waals surface area contributed by atoms with E-state index in [1.165, 1.54) is 6.20 Å². The lowest BCUT2D eigenvalue weighted by Crippen LogP contribution is -2.41. The van der Waals surface area contributed by atoms with Gasteiger partial charge in [0.05, 0.1) is 11.0 Å². The molecule has 1 aromatic heterocycles. The van der Waals surface area contributed by atoms with Crippen LogP contribution in [-0.2, 0) is 4.79 Å². The minimum Gasteiger partial charge on any atom is -0.481 e. The lowest BCUT2D eigenvalue weighted by molar-refractivity contribution is -0.148. The first kappa shape index (κ1) is 13.5. The Balaban J connectivity index is 1.99. The fourth-order valence-corrected chi connectivity index (χ4v) is 2.47. The summed E-state index contributed by atoms with van der Waals surface area (Å²) in [5, 5.41) is 12.0. The predicted molar refractivity (Wildman–Crippen MR) is 69.8 cm³/mol. The van der Waals surface area contributed by atoms with Crippen LogP contribution in [0.15, 0.2) is 18.3 Å². The van der Waals surface area contributed by atoms with E-state index in [0.29, 0.717) is 18.4 Å². The molecule has 1 aromatic rings. The molecule has 1 fully saturated rings. The highest BCUT2D eigenvalue weighted by atomic mass is 16.4. The fraction of sp³-hybridized carbons (Fsp3) is 0.500. The lowest BCUT2D eigenvalue weighted by Gasteiger charge is -2.23. The van der Waals surface area contributed by atoms with Crippen molar-refractivity contribution in [3.8, 4) is 0 Å². The van der Waals surface area contributed by atoms with Crippen LogP contribution in [0.25, 0.3) is 0 Å². The van der Waals surface area contributed by atoms with Gasteiger partial charge in [-0.1, -0.05) is 12.8 Å². The van der Waals surface area contributed by atoms with Gasteiger partial charge in [-0.2, -0.15) is 0 Å². The maximum absolute atomic E-state index is 11.9. The molecule has 0 aliphatic heterocycles. The van der Waals surface area contributed by atoms with E-state index in [9.17, 15) is 14.7 Å². The molecule has 102 valence electrons. The number of amides is 1. The van der Waals surface area contributed by atoms with Crippen molar-refractivity contribution >= 4 is 11.9 Å². The molecule has 2 rings (SSSR count). The zero-order valence-corrected chi connectivity index (χ0v) is 11.0. The molecular formula is C14H18N2O3. The first-order valence-corrected chi connectivity index (χ1v) is 6.48. The van der Waals surface area contributed by atoms with Crippen molar-refractivity contribution < 1.29 is 14.7 Å². The predicted octanol–water partition coefficient (Wildman–Crippen LogP) is 1.76. The number of nitrogens with zero attached hydrogens (tertiary/aromatic N) is 1. The van der Waals surface area contributed by atoms with Crippen LogP contribution >= 0.6 is 0 Å². The Morgan fingerprint density at radius 2 is 2.05 bits per heavy atom. The number of hydrogen-bond donors (Lipinski definition) is 2. The molecule has 0 spiro atoms. The molecule has 1 amide bonds. The third kappa shape index (κ3) is 2.92. The minimum absolute atomic E-state index is 0.190. The maximum Gasteiger partial charge on any atom is 0.311 e. The van der Waals surface area contributed by atoms with Crippen LogP contribution in [0, 0.1) is 12.3 Å². The number of aromatic nitrogens is 1. The molecule has 0 aromatic carbocycles. The van der Waals surface area contributed by atoms with Gasteiger partial charge in [-0.25, -0.2) is 0 Å². The minimum atomic E-state index is -0.813. The summed E-state index contributed by atoms with van der Waals surface area (Å²) in [6, 6.07) is 3.46. The number of pyridine rings is 1. The summed E-state index contributed by atoms with van der Waals surface area (Å²) in [5.41, 5.74) is 0.520. The van der Waals surface area contributed by atoms with Gasteiger partial charge in [-0.15, -0.1) is 0 Å². The average Bonchev–Trinajstić information content (AvgIpc) is 2.87. The van der Waals surface area contributed by atoms with Gasteiger partial charge in [0.25, 0.3) is 5.91 Å². The van der Waals surface area contributed by atoms with Crippen molar-refractivity contribution in [3.05, 3.63) is 29.6 Å². The number of carbonyl (C=O) groups is 2. The summed E-state index contributed by atoms with van der Waals surface area (Å²) in [5.74, 6) is -1.08. The molecule has 5 nitrogen and oxygen atoms in total. The van der Waals surface area contributed by atoms with Crippen LogP contribution in [0.1, 0.15) is 41.7 Å². The molecule has 1 heterocycles. The summed E-state index contributed by atoms with van der Waals surface area (Å²) < 4.78 is 0. The Morgan fingerprint density at radius 3 is 2.58 bits per heavy atom. The number of carbonyl (C=O) groups excluding carboxylic acids is 1. The SMILES string of the molecule is Cc1ccc(C(=O)NCC2(C(=O)O)CCCC2)cn1. The van der Waals surface area contributed by atoms with E-state index in [1.54, 1.807) is 12.1 Å². The molecule has 0 radical (unpaired) electrons. The largest absolute Gasteiger partial charge is 0.481 e. The number of aliphatic carboxylic acids is 1. The highest BCUT2D eigenvalue weighted by molar-refractivity contribution is 5.94. The van der Waals surface area contributed by atoms with Crippen molar-refractivity contribution in [3.63, 3.8) is 0 Å². The summed E-state index contributed by atoms with van der Waals surface area (Å²) >= 11 is 0. The van der Waals surface area contributed by atoms with E-state index >= 15 is 0 Å². The molecule has 19 heavy (non-hydrogen) atoms. The Morgan fingerprint density at radius 1 is 1.37 bits per heavy atom. The van der Waals surface area contributed by atoms with E-state index in [1.807, 2.05) is 6.92 Å². The first-order valence-electron chi connectivity index (χ1n) is 6.48. The summed E-state index contributed by atoms with van der Waals surface area (Å²) in [6.45, 7) is 2.04. The van der Waals surface area contributed by atoms with Crippen molar-refractivity contribution in [2.75, 3.05) is 6.54 Å². The lowest BCUT2D eigenvalue weighted by atomic mass is 9.86. The molecule has 1 aliphatic rings. The second kappa shape index (κ2) is 5.38.